The number of sulfone groups is 1. The number of aromatic nitrogens is 2. The Balaban J connectivity index is 1.65. The molecule has 1 N–H and O–H groups in total. The molecule has 1 atom stereocenters. The first-order valence-electron chi connectivity index (χ1n) is 8.14. The summed E-state index contributed by atoms with van der Waals surface area (Å²) in [6, 6.07) is 10.0. The summed E-state index contributed by atoms with van der Waals surface area (Å²) in [4.78, 5) is 16.3. The van der Waals surface area contributed by atoms with Crippen molar-refractivity contribution in [3.8, 4) is 11.4 Å². The number of halogens is 2. The van der Waals surface area contributed by atoms with Crippen LogP contribution in [0.25, 0.3) is 11.4 Å². The van der Waals surface area contributed by atoms with E-state index in [9.17, 15) is 22.0 Å². The van der Waals surface area contributed by atoms with Gasteiger partial charge in [-0.25, -0.2) is 17.2 Å². The molecule has 0 aliphatic heterocycles. The Kier molecular flexibility index (Phi) is 5.80. The van der Waals surface area contributed by atoms with Gasteiger partial charge in [0.05, 0.1) is 10.1 Å². The van der Waals surface area contributed by atoms with E-state index in [0.717, 1.165) is 23.7 Å². The minimum atomic E-state index is -3.78. The van der Waals surface area contributed by atoms with Gasteiger partial charge in [0.15, 0.2) is 15.7 Å². The van der Waals surface area contributed by atoms with Gasteiger partial charge in [0.25, 0.3) is 0 Å². The van der Waals surface area contributed by atoms with E-state index in [-0.39, 0.29) is 22.3 Å². The van der Waals surface area contributed by atoms with E-state index < -0.39 is 26.8 Å². The van der Waals surface area contributed by atoms with Gasteiger partial charge in [0.2, 0.25) is 11.0 Å². The van der Waals surface area contributed by atoms with Gasteiger partial charge in [-0.3, -0.25) is 4.79 Å². The normalized spacial score (nSPS) is 12.5. The minimum absolute atomic E-state index is 0.0521. The average molecular weight is 423 g/mol. The van der Waals surface area contributed by atoms with Crippen molar-refractivity contribution in [2.24, 2.45) is 0 Å². The number of benzene rings is 2. The van der Waals surface area contributed by atoms with Gasteiger partial charge in [-0.05, 0) is 55.5 Å². The highest BCUT2D eigenvalue weighted by Crippen LogP contribution is 2.23. The monoisotopic (exact) mass is 423 g/mol. The number of rotatable bonds is 6. The first kappa shape index (κ1) is 20.0. The highest BCUT2D eigenvalue weighted by molar-refractivity contribution is 7.92. The summed E-state index contributed by atoms with van der Waals surface area (Å²) in [6.07, 6.45) is -0.300. The number of amides is 1. The molecular formula is C18H15F2N3O3S2. The molecule has 146 valence electrons. The van der Waals surface area contributed by atoms with Crippen molar-refractivity contribution >= 4 is 32.4 Å². The van der Waals surface area contributed by atoms with E-state index in [2.05, 4.69) is 14.7 Å². The molecule has 2 aromatic carbocycles. The number of hydrogen-bond acceptors (Lipinski definition) is 6. The van der Waals surface area contributed by atoms with E-state index in [1.54, 1.807) is 0 Å². The first-order chi connectivity index (χ1) is 13.3. The number of carbonyl (C=O) groups is 1. The molecule has 3 rings (SSSR count). The van der Waals surface area contributed by atoms with Crippen LogP contribution < -0.4 is 5.32 Å². The third kappa shape index (κ3) is 4.57. The van der Waals surface area contributed by atoms with Gasteiger partial charge >= 0.3 is 0 Å². The topological polar surface area (TPSA) is 89.0 Å². The molecule has 1 heterocycles. The molecule has 6 nitrogen and oxygen atoms in total. The molecule has 0 saturated carbocycles. The lowest BCUT2D eigenvalue weighted by Crippen LogP contribution is -2.25. The summed E-state index contributed by atoms with van der Waals surface area (Å²) in [5.41, 5.74) is 0.588. The smallest absolute Gasteiger partial charge is 0.227 e. The molecule has 0 bridgehead atoms. The van der Waals surface area contributed by atoms with E-state index in [4.69, 9.17) is 0 Å². The Morgan fingerprint density at radius 1 is 1.07 bits per heavy atom. The van der Waals surface area contributed by atoms with Crippen molar-refractivity contribution < 1.29 is 22.0 Å². The second-order valence-corrected chi connectivity index (χ2v) is 9.11. The van der Waals surface area contributed by atoms with Crippen LogP contribution in [0.1, 0.15) is 13.3 Å². The van der Waals surface area contributed by atoms with Crippen LogP contribution >= 0.6 is 11.5 Å². The average Bonchev–Trinajstić information content (AvgIpc) is 3.10. The van der Waals surface area contributed by atoms with Crippen molar-refractivity contribution in [3.05, 3.63) is 60.2 Å². The predicted molar refractivity (Wildman–Crippen MR) is 102 cm³/mol. The third-order valence-corrected chi connectivity index (χ3v) is 6.71. The zero-order valence-electron chi connectivity index (χ0n) is 14.6. The maximum Gasteiger partial charge on any atom is 0.227 e. The Morgan fingerprint density at radius 3 is 2.25 bits per heavy atom. The van der Waals surface area contributed by atoms with E-state index in [1.165, 1.54) is 43.3 Å². The molecule has 1 amide bonds. The van der Waals surface area contributed by atoms with Gasteiger partial charge in [0, 0.05) is 23.5 Å². The molecule has 0 saturated heterocycles. The molecule has 0 aliphatic carbocycles. The van der Waals surface area contributed by atoms with Gasteiger partial charge in [-0.15, -0.1) is 0 Å². The minimum Gasteiger partial charge on any atom is -0.301 e. The summed E-state index contributed by atoms with van der Waals surface area (Å²) in [5, 5.41) is 1.71. The lowest BCUT2D eigenvalue weighted by atomic mass is 10.2. The molecule has 3 aromatic rings. The fourth-order valence-electron chi connectivity index (χ4n) is 2.39. The maximum atomic E-state index is 13.0. The zero-order chi connectivity index (χ0) is 20.3. The number of nitrogens with zero attached hydrogens (tertiary/aromatic N) is 2. The SMILES string of the molecule is CC(CC(=O)Nc1nc(-c2ccc(F)cc2)ns1)S(=O)(=O)c1ccc(F)cc1. The van der Waals surface area contributed by atoms with E-state index in [0.29, 0.717) is 11.4 Å². The second-order valence-electron chi connectivity index (χ2n) is 5.99. The van der Waals surface area contributed by atoms with E-state index >= 15 is 0 Å². The Morgan fingerprint density at radius 2 is 1.64 bits per heavy atom. The van der Waals surface area contributed by atoms with Crippen LogP contribution in [0.4, 0.5) is 13.9 Å². The zero-order valence-corrected chi connectivity index (χ0v) is 16.2. The van der Waals surface area contributed by atoms with E-state index in [1.807, 2.05) is 0 Å². The first-order valence-corrected chi connectivity index (χ1v) is 10.5. The van der Waals surface area contributed by atoms with Crippen molar-refractivity contribution in [1.29, 1.82) is 0 Å². The molecule has 1 unspecified atom stereocenters. The molecule has 28 heavy (non-hydrogen) atoms. The number of anilines is 1. The molecular weight excluding hydrogens is 408 g/mol. The molecule has 0 radical (unpaired) electrons. The van der Waals surface area contributed by atoms with Crippen molar-refractivity contribution in [2.75, 3.05) is 5.32 Å². The quantitative estimate of drug-likeness (QED) is 0.611. The van der Waals surface area contributed by atoms with Crippen LogP contribution in [0.15, 0.2) is 53.4 Å². The molecule has 10 heteroatoms. The van der Waals surface area contributed by atoms with Crippen LogP contribution in [0.5, 0.6) is 0 Å². The standard InChI is InChI=1S/C18H15F2N3O3S2/c1-11(28(25,26)15-8-6-14(20)7-9-15)10-16(24)21-18-22-17(23-27-18)12-2-4-13(19)5-3-12/h2-9,11H,10H2,1H3,(H,21,22,23,24). The highest BCUT2D eigenvalue weighted by Gasteiger charge is 2.26. The summed E-state index contributed by atoms with van der Waals surface area (Å²) in [5.74, 6) is -1.14. The largest absolute Gasteiger partial charge is 0.301 e. The summed E-state index contributed by atoms with van der Waals surface area (Å²) in [6.45, 7) is 1.41. The lowest BCUT2D eigenvalue weighted by Gasteiger charge is -2.12. The predicted octanol–water partition coefficient (Wildman–Crippen LogP) is 3.67. The Bertz CT molecular complexity index is 1080. The number of carbonyl (C=O) groups excluding carboxylic acids is 1. The maximum absolute atomic E-state index is 13.0. The molecule has 0 aliphatic rings. The number of hydrogen-bond donors (Lipinski definition) is 1. The summed E-state index contributed by atoms with van der Waals surface area (Å²) < 4.78 is 55.0. The lowest BCUT2D eigenvalue weighted by molar-refractivity contribution is -0.116. The van der Waals surface area contributed by atoms with Gasteiger partial charge in [-0.2, -0.15) is 9.36 Å². The highest BCUT2D eigenvalue weighted by atomic mass is 32.2. The number of nitrogens with one attached hydrogen (secondary N) is 1. The van der Waals surface area contributed by atoms with Crippen LogP contribution in [-0.2, 0) is 14.6 Å². The van der Waals surface area contributed by atoms with Crippen molar-refractivity contribution in [2.45, 2.75) is 23.5 Å². The second kappa shape index (κ2) is 8.11. The Hall–Kier alpha value is -2.72. The van der Waals surface area contributed by atoms with Crippen molar-refractivity contribution in [3.63, 3.8) is 0 Å². The van der Waals surface area contributed by atoms with Crippen molar-refractivity contribution in [1.82, 2.24) is 9.36 Å². The third-order valence-electron chi connectivity index (χ3n) is 3.92. The molecule has 1 aromatic heterocycles. The van der Waals surface area contributed by atoms with Gasteiger partial charge in [-0.1, -0.05) is 0 Å². The van der Waals surface area contributed by atoms with Gasteiger partial charge in [0.1, 0.15) is 11.6 Å². The fourth-order valence-corrected chi connectivity index (χ4v) is 4.34. The summed E-state index contributed by atoms with van der Waals surface area (Å²) in [7, 11) is -3.78. The molecule has 0 fully saturated rings. The molecule has 0 spiro atoms. The van der Waals surface area contributed by atoms with Crippen LogP contribution in [0, 0.1) is 11.6 Å². The van der Waals surface area contributed by atoms with Crippen LogP contribution in [0.2, 0.25) is 0 Å². The van der Waals surface area contributed by atoms with Gasteiger partial charge < -0.3 is 5.32 Å². The van der Waals surface area contributed by atoms with Crippen LogP contribution in [0.3, 0.4) is 0 Å². The fraction of sp³-hybridized carbons (Fsp3) is 0.167. The Labute approximate surface area is 164 Å². The summed E-state index contributed by atoms with van der Waals surface area (Å²) >= 11 is 0.932. The van der Waals surface area contributed by atoms with Crippen LogP contribution in [-0.4, -0.2) is 28.9 Å².